The number of carbonyl (C=O) groups is 1. The van der Waals surface area contributed by atoms with Crippen LogP contribution in [0.5, 0.6) is 0 Å². The van der Waals surface area contributed by atoms with Gasteiger partial charge >= 0.3 is 12.1 Å². The summed E-state index contributed by atoms with van der Waals surface area (Å²) >= 11 is 0. The van der Waals surface area contributed by atoms with Crippen molar-refractivity contribution in [1.29, 1.82) is 0 Å². The summed E-state index contributed by atoms with van der Waals surface area (Å²) in [7, 11) is 0. The van der Waals surface area contributed by atoms with Crippen LogP contribution in [-0.4, -0.2) is 31.1 Å². The maximum atomic E-state index is 12.4. The molecule has 0 aromatic heterocycles. The van der Waals surface area contributed by atoms with Gasteiger partial charge in [0.2, 0.25) is 0 Å². The van der Waals surface area contributed by atoms with Gasteiger partial charge in [0.1, 0.15) is 6.61 Å². The molecule has 0 heterocycles. The van der Waals surface area contributed by atoms with Crippen molar-refractivity contribution in [2.75, 3.05) is 13.2 Å². The van der Waals surface area contributed by atoms with Crippen molar-refractivity contribution >= 4 is 5.78 Å². The van der Waals surface area contributed by atoms with Crippen LogP contribution in [0.15, 0.2) is 30.3 Å². The summed E-state index contributed by atoms with van der Waals surface area (Å²) in [5.74, 6) is -5.28. The first-order valence-electron chi connectivity index (χ1n) is 5.34. The summed E-state index contributed by atoms with van der Waals surface area (Å²) in [4.78, 5) is 11.5. The molecule has 2 nitrogen and oxygen atoms in total. The molecule has 0 atom stereocenters. The van der Waals surface area contributed by atoms with Crippen LogP contribution in [0.4, 0.5) is 22.0 Å². The highest BCUT2D eigenvalue weighted by atomic mass is 19.4. The summed E-state index contributed by atoms with van der Waals surface area (Å²) in [5.41, 5.74) is 0.355. The predicted octanol–water partition coefficient (Wildman–Crippen LogP) is 3.47. The fraction of sp³-hybridized carbons (Fsp3) is 0.417. The van der Waals surface area contributed by atoms with Gasteiger partial charge in [-0.25, -0.2) is 0 Å². The van der Waals surface area contributed by atoms with Gasteiger partial charge in [0.25, 0.3) is 0 Å². The normalized spacial score (nSPS) is 12.5. The second-order valence-corrected chi connectivity index (χ2v) is 3.79. The fourth-order valence-electron chi connectivity index (χ4n) is 1.22. The smallest absolute Gasteiger partial charge is 0.374 e. The summed E-state index contributed by atoms with van der Waals surface area (Å²) in [6, 6.07) is 7.97. The van der Waals surface area contributed by atoms with Gasteiger partial charge in [-0.1, -0.05) is 30.3 Å². The molecule has 0 saturated heterocycles. The number of ketones is 1. The standard InChI is InChI=1S/C12H11F5O2/c13-11(14,12(15,16)17)8-19-7-6-10(18)9-4-2-1-3-5-9/h1-5H,6-8H2. The molecule has 0 saturated carbocycles. The molecular weight excluding hydrogens is 271 g/mol. The third kappa shape index (κ3) is 4.59. The Bertz CT molecular complexity index is 414. The van der Waals surface area contributed by atoms with E-state index in [0.717, 1.165) is 0 Å². The molecule has 0 amide bonds. The van der Waals surface area contributed by atoms with Crippen LogP contribution < -0.4 is 0 Å². The summed E-state index contributed by atoms with van der Waals surface area (Å²) < 4.78 is 64.5. The van der Waals surface area contributed by atoms with E-state index in [1.807, 2.05) is 0 Å². The van der Waals surface area contributed by atoms with Crippen molar-refractivity contribution in [1.82, 2.24) is 0 Å². The number of alkyl halides is 5. The van der Waals surface area contributed by atoms with Crippen LogP contribution in [0.2, 0.25) is 0 Å². The van der Waals surface area contributed by atoms with Crippen molar-refractivity contribution in [2.45, 2.75) is 18.5 Å². The van der Waals surface area contributed by atoms with Crippen LogP contribution in [0.3, 0.4) is 0 Å². The SMILES string of the molecule is O=C(CCOCC(F)(F)C(F)(F)F)c1ccccc1. The molecule has 0 aliphatic rings. The quantitative estimate of drug-likeness (QED) is 0.453. The fourth-order valence-corrected chi connectivity index (χ4v) is 1.22. The monoisotopic (exact) mass is 282 g/mol. The van der Waals surface area contributed by atoms with Gasteiger partial charge in [-0.15, -0.1) is 0 Å². The topological polar surface area (TPSA) is 26.3 Å². The Morgan fingerprint density at radius 2 is 1.63 bits per heavy atom. The van der Waals surface area contributed by atoms with Crippen molar-refractivity contribution in [3.8, 4) is 0 Å². The molecule has 0 unspecified atom stereocenters. The lowest BCUT2D eigenvalue weighted by Gasteiger charge is -2.19. The van der Waals surface area contributed by atoms with E-state index < -0.39 is 25.3 Å². The van der Waals surface area contributed by atoms with Crippen LogP contribution in [0.1, 0.15) is 16.8 Å². The van der Waals surface area contributed by atoms with E-state index in [9.17, 15) is 26.7 Å². The molecule has 0 spiro atoms. The Balaban J connectivity index is 2.34. The van der Waals surface area contributed by atoms with E-state index in [1.54, 1.807) is 18.2 Å². The third-order valence-corrected chi connectivity index (χ3v) is 2.27. The number of halogens is 5. The first-order chi connectivity index (χ1) is 8.74. The second-order valence-electron chi connectivity index (χ2n) is 3.79. The van der Waals surface area contributed by atoms with Crippen LogP contribution in [0.25, 0.3) is 0 Å². The molecule has 0 fully saturated rings. The van der Waals surface area contributed by atoms with Gasteiger partial charge in [-0.05, 0) is 0 Å². The lowest BCUT2D eigenvalue weighted by molar-refractivity contribution is -0.296. The third-order valence-electron chi connectivity index (χ3n) is 2.27. The molecule has 106 valence electrons. The minimum Gasteiger partial charge on any atom is -0.374 e. The molecule has 0 radical (unpaired) electrons. The van der Waals surface area contributed by atoms with Crippen molar-refractivity contribution in [2.24, 2.45) is 0 Å². The Morgan fingerprint density at radius 1 is 1.05 bits per heavy atom. The van der Waals surface area contributed by atoms with Gasteiger partial charge in [0.05, 0.1) is 6.61 Å². The lowest BCUT2D eigenvalue weighted by Crippen LogP contribution is -2.40. The number of hydrogen-bond acceptors (Lipinski definition) is 2. The molecule has 1 rings (SSSR count). The number of rotatable bonds is 6. The Morgan fingerprint density at radius 3 is 2.16 bits per heavy atom. The number of benzene rings is 1. The minimum atomic E-state index is -5.64. The highest BCUT2D eigenvalue weighted by molar-refractivity contribution is 5.96. The van der Waals surface area contributed by atoms with Crippen molar-refractivity contribution in [3.05, 3.63) is 35.9 Å². The molecule has 1 aromatic rings. The summed E-state index contributed by atoms with van der Waals surface area (Å²) in [6.07, 6.45) is -5.89. The highest BCUT2D eigenvalue weighted by Crippen LogP contribution is 2.35. The van der Waals surface area contributed by atoms with E-state index >= 15 is 0 Å². The summed E-state index contributed by atoms with van der Waals surface area (Å²) in [5, 5.41) is 0. The highest BCUT2D eigenvalue weighted by Gasteiger charge is 2.57. The first kappa shape index (κ1) is 15.6. The van der Waals surface area contributed by atoms with Crippen molar-refractivity contribution in [3.63, 3.8) is 0 Å². The average molecular weight is 282 g/mol. The summed E-state index contributed by atoms with van der Waals surface area (Å²) in [6.45, 7) is -2.27. The number of ether oxygens (including phenoxy) is 1. The molecule has 19 heavy (non-hydrogen) atoms. The molecule has 0 aliphatic heterocycles. The first-order valence-corrected chi connectivity index (χ1v) is 5.34. The van der Waals surface area contributed by atoms with Crippen molar-refractivity contribution < 1.29 is 31.5 Å². The van der Waals surface area contributed by atoms with Gasteiger partial charge in [0.15, 0.2) is 5.78 Å². The Kier molecular flexibility index (Phi) is 4.99. The zero-order chi connectivity index (χ0) is 14.5. The maximum absolute atomic E-state index is 12.4. The van der Waals surface area contributed by atoms with E-state index in [0.29, 0.717) is 5.56 Å². The van der Waals surface area contributed by atoms with Gasteiger partial charge in [0, 0.05) is 12.0 Å². The lowest BCUT2D eigenvalue weighted by atomic mass is 10.1. The maximum Gasteiger partial charge on any atom is 0.455 e. The van der Waals surface area contributed by atoms with Gasteiger partial charge in [-0.3, -0.25) is 4.79 Å². The number of hydrogen-bond donors (Lipinski definition) is 0. The molecular formula is C12H11F5O2. The largest absolute Gasteiger partial charge is 0.455 e. The van der Waals surface area contributed by atoms with Crippen LogP contribution >= 0.6 is 0 Å². The number of Topliss-reactive ketones (excluding diaryl/α,β-unsaturated/α-hetero) is 1. The Labute approximate surface area is 106 Å². The Hall–Kier alpha value is -1.50. The van der Waals surface area contributed by atoms with Gasteiger partial charge in [-0.2, -0.15) is 22.0 Å². The van der Waals surface area contributed by atoms with Crippen LogP contribution in [0, 0.1) is 0 Å². The predicted molar refractivity (Wildman–Crippen MR) is 57.2 cm³/mol. The second kappa shape index (κ2) is 6.10. The average Bonchev–Trinajstić information content (AvgIpc) is 2.34. The minimum absolute atomic E-state index is 0.252. The zero-order valence-corrected chi connectivity index (χ0v) is 9.71. The van der Waals surface area contributed by atoms with E-state index in [1.165, 1.54) is 12.1 Å². The van der Waals surface area contributed by atoms with E-state index in [-0.39, 0.29) is 12.2 Å². The van der Waals surface area contributed by atoms with Crippen LogP contribution in [-0.2, 0) is 4.74 Å². The number of carbonyl (C=O) groups excluding carboxylic acids is 1. The molecule has 0 N–H and O–H groups in total. The van der Waals surface area contributed by atoms with E-state index in [2.05, 4.69) is 4.74 Å². The van der Waals surface area contributed by atoms with E-state index in [4.69, 9.17) is 0 Å². The molecule has 1 aromatic carbocycles. The zero-order valence-electron chi connectivity index (χ0n) is 9.71. The van der Waals surface area contributed by atoms with Gasteiger partial charge < -0.3 is 4.74 Å². The molecule has 0 bridgehead atoms. The molecule has 7 heteroatoms. The molecule has 0 aliphatic carbocycles.